The van der Waals surface area contributed by atoms with Crippen molar-refractivity contribution >= 4 is 29.2 Å². The molecule has 0 bridgehead atoms. The van der Waals surface area contributed by atoms with E-state index in [1.54, 1.807) is 0 Å². The molecule has 1 amide bonds. The minimum atomic E-state index is -0.817. The van der Waals surface area contributed by atoms with E-state index in [1.807, 2.05) is 0 Å². The van der Waals surface area contributed by atoms with Crippen LogP contribution in [0.5, 0.6) is 5.75 Å². The number of cyclic esters (lactones) is 2. The van der Waals surface area contributed by atoms with Gasteiger partial charge in [-0.05, 0) is 24.3 Å². The molecule has 1 N–H and O–H groups in total. The molecule has 0 saturated carbocycles. The second-order valence-electron chi connectivity index (χ2n) is 5.03. The van der Waals surface area contributed by atoms with Gasteiger partial charge in [-0.15, -0.1) is 0 Å². The van der Waals surface area contributed by atoms with Crippen molar-refractivity contribution in [1.82, 2.24) is 0 Å². The number of ether oxygens (including phenoxy) is 2. The van der Waals surface area contributed by atoms with Crippen LogP contribution < -0.4 is 10.1 Å². The number of hydrogen-bond acceptors (Lipinski definition) is 7. The Morgan fingerprint density at radius 2 is 1.84 bits per heavy atom. The number of benzene rings is 2. The fraction of sp³-hybridized carbons (Fsp3) is 0.0625. The Morgan fingerprint density at radius 3 is 2.52 bits per heavy atom. The van der Waals surface area contributed by atoms with Gasteiger partial charge >= 0.3 is 11.9 Å². The number of hydrogen-bond donors (Lipinski definition) is 1. The number of rotatable bonds is 4. The quantitative estimate of drug-likeness (QED) is 0.390. The first-order valence-corrected chi connectivity index (χ1v) is 6.95. The monoisotopic (exact) mass is 342 g/mol. The Hall–Kier alpha value is -3.75. The zero-order chi connectivity index (χ0) is 18.1. The van der Waals surface area contributed by atoms with Gasteiger partial charge in [0.1, 0.15) is 5.75 Å². The highest BCUT2D eigenvalue weighted by Gasteiger charge is 2.30. The van der Waals surface area contributed by atoms with Crippen LogP contribution in [-0.4, -0.2) is 29.9 Å². The van der Waals surface area contributed by atoms with E-state index in [9.17, 15) is 24.5 Å². The van der Waals surface area contributed by atoms with Crippen LogP contribution in [0.2, 0.25) is 0 Å². The van der Waals surface area contributed by atoms with Crippen molar-refractivity contribution in [2.45, 2.75) is 0 Å². The standard InChI is InChI=1S/C16H10N2O7/c1-24-13-7-9(18(22)23)3-5-12(13)17-14(19)8-2-4-10-11(6-8)16(21)25-15(10)20/h2-7H,1H3,(H,17,19). The summed E-state index contributed by atoms with van der Waals surface area (Å²) in [4.78, 5) is 45.5. The maximum Gasteiger partial charge on any atom is 0.346 e. The van der Waals surface area contributed by atoms with E-state index >= 15 is 0 Å². The van der Waals surface area contributed by atoms with Gasteiger partial charge in [-0.2, -0.15) is 0 Å². The van der Waals surface area contributed by atoms with E-state index < -0.39 is 22.8 Å². The molecule has 0 fully saturated rings. The Morgan fingerprint density at radius 1 is 1.12 bits per heavy atom. The molecule has 1 aliphatic rings. The topological polar surface area (TPSA) is 125 Å². The average Bonchev–Trinajstić information content (AvgIpc) is 2.88. The van der Waals surface area contributed by atoms with Crippen molar-refractivity contribution < 1.29 is 28.8 Å². The summed E-state index contributed by atoms with van der Waals surface area (Å²) in [5.41, 5.74) is 0.250. The van der Waals surface area contributed by atoms with E-state index in [0.29, 0.717) is 0 Å². The molecule has 0 atom stereocenters. The lowest BCUT2D eigenvalue weighted by Crippen LogP contribution is -2.13. The van der Waals surface area contributed by atoms with Gasteiger partial charge in [0.05, 0.1) is 34.9 Å². The van der Waals surface area contributed by atoms with Crippen molar-refractivity contribution in [2.24, 2.45) is 0 Å². The highest BCUT2D eigenvalue weighted by atomic mass is 16.6. The maximum atomic E-state index is 12.4. The molecule has 2 aromatic rings. The van der Waals surface area contributed by atoms with Crippen molar-refractivity contribution in [1.29, 1.82) is 0 Å². The summed E-state index contributed by atoms with van der Waals surface area (Å²) in [6, 6.07) is 7.66. The third kappa shape index (κ3) is 2.90. The molecular formula is C16H10N2O7. The number of methoxy groups -OCH3 is 1. The minimum absolute atomic E-state index is 0.00770. The van der Waals surface area contributed by atoms with Crippen LogP contribution in [0.3, 0.4) is 0 Å². The fourth-order valence-corrected chi connectivity index (χ4v) is 2.32. The van der Waals surface area contributed by atoms with Crippen molar-refractivity contribution in [3.05, 3.63) is 63.2 Å². The molecule has 0 saturated heterocycles. The molecule has 9 heteroatoms. The normalized spacial score (nSPS) is 12.4. The predicted octanol–water partition coefficient (Wildman–Crippen LogP) is 2.17. The molecular weight excluding hydrogens is 332 g/mol. The van der Waals surface area contributed by atoms with Crippen LogP contribution in [0.15, 0.2) is 36.4 Å². The molecule has 0 spiro atoms. The van der Waals surface area contributed by atoms with E-state index in [1.165, 1.54) is 43.5 Å². The van der Waals surface area contributed by atoms with Crippen molar-refractivity contribution in [2.75, 3.05) is 12.4 Å². The molecule has 9 nitrogen and oxygen atoms in total. The van der Waals surface area contributed by atoms with Crippen molar-refractivity contribution in [3.8, 4) is 5.75 Å². The number of fused-ring (bicyclic) bond motifs is 1. The summed E-state index contributed by atoms with van der Waals surface area (Å²) in [6.45, 7) is 0. The second kappa shape index (κ2) is 6.04. The van der Waals surface area contributed by atoms with E-state index in [-0.39, 0.29) is 33.8 Å². The number of carbonyl (C=O) groups is 3. The lowest BCUT2D eigenvalue weighted by molar-refractivity contribution is -0.384. The molecule has 0 radical (unpaired) electrons. The SMILES string of the molecule is COc1cc([N+](=O)[O-])ccc1NC(=O)c1ccc2c(c1)C(=O)OC2=O. The van der Waals surface area contributed by atoms with Crippen LogP contribution >= 0.6 is 0 Å². The zero-order valence-corrected chi connectivity index (χ0v) is 12.8. The molecule has 0 aromatic heterocycles. The van der Waals surface area contributed by atoms with Gasteiger partial charge in [-0.1, -0.05) is 0 Å². The molecule has 25 heavy (non-hydrogen) atoms. The number of amides is 1. The Kier molecular flexibility index (Phi) is 3.89. The van der Waals surface area contributed by atoms with Gasteiger partial charge < -0.3 is 14.8 Å². The molecule has 126 valence electrons. The van der Waals surface area contributed by atoms with Crippen LogP contribution in [0.4, 0.5) is 11.4 Å². The number of nitrogens with zero attached hydrogens (tertiary/aromatic N) is 1. The fourth-order valence-electron chi connectivity index (χ4n) is 2.32. The number of anilines is 1. The molecule has 0 aliphatic carbocycles. The Bertz CT molecular complexity index is 936. The number of carbonyl (C=O) groups excluding carboxylic acids is 3. The zero-order valence-electron chi connectivity index (χ0n) is 12.8. The largest absolute Gasteiger partial charge is 0.494 e. The predicted molar refractivity (Wildman–Crippen MR) is 83.8 cm³/mol. The average molecular weight is 342 g/mol. The second-order valence-corrected chi connectivity index (χ2v) is 5.03. The van der Waals surface area contributed by atoms with E-state index in [0.717, 1.165) is 0 Å². The number of nitro benzene ring substituents is 1. The minimum Gasteiger partial charge on any atom is -0.494 e. The van der Waals surface area contributed by atoms with Gasteiger partial charge in [0.2, 0.25) is 0 Å². The molecule has 1 aliphatic heterocycles. The summed E-state index contributed by atoms with van der Waals surface area (Å²) in [5.74, 6) is -2.05. The van der Waals surface area contributed by atoms with Crippen LogP contribution in [0.1, 0.15) is 31.1 Å². The molecule has 2 aromatic carbocycles. The first kappa shape index (κ1) is 16.1. The maximum absolute atomic E-state index is 12.4. The molecule has 0 unspecified atom stereocenters. The first-order valence-electron chi connectivity index (χ1n) is 6.95. The number of esters is 2. The summed E-state index contributed by atoms with van der Waals surface area (Å²) >= 11 is 0. The summed E-state index contributed by atoms with van der Waals surface area (Å²) in [6.07, 6.45) is 0. The van der Waals surface area contributed by atoms with E-state index in [4.69, 9.17) is 4.74 Å². The van der Waals surface area contributed by atoms with Gasteiger partial charge in [-0.3, -0.25) is 14.9 Å². The summed E-state index contributed by atoms with van der Waals surface area (Å²) < 4.78 is 9.50. The van der Waals surface area contributed by atoms with E-state index in [2.05, 4.69) is 10.1 Å². The third-order valence-electron chi connectivity index (χ3n) is 3.55. The van der Waals surface area contributed by atoms with Crippen LogP contribution in [0.25, 0.3) is 0 Å². The summed E-state index contributed by atoms with van der Waals surface area (Å²) in [5, 5.41) is 13.3. The lowest BCUT2D eigenvalue weighted by Gasteiger charge is -2.10. The smallest absolute Gasteiger partial charge is 0.346 e. The highest BCUT2D eigenvalue weighted by molar-refractivity contribution is 6.16. The highest BCUT2D eigenvalue weighted by Crippen LogP contribution is 2.29. The van der Waals surface area contributed by atoms with Gasteiger partial charge in [-0.25, -0.2) is 9.59 Å². The third-order valence-corrected chi connectivity index (χ3v) is 3.55. The van der Waals surface area contributed by atoms with Crippen LogP contribution in [-0.2, 0) is 4.74 Å². The molecule has 1 heterocycles. The van der Waals surface area contributed by atoms with Crippen molar-refractivity contribution in [3.63, 3.8) is 0 Å². The number of non-ortho nitro benzene ring substituents is 1. The lowest BCUT2D eigenvalue weighted by atomic mass is 10.1. The summed E-state index contributed by atoms with van der Waals surface area (Å²) in [7, 11) is 1.31. The Labute approximate surface area is 140 Å². The van der Waals surface area contributed by atoms with Gasteiger partial charge in [0.25, 0.3) is 11.6 Å². The number of nitro groups is 1. The number of nitrogens with one attached hydrogen (secondary N) is 1. The van der Waals surface area contributed by atoms with Gasteiger partial charge in [0.15, 0.2) is 0 Å². The Balaban J connectivity index is 1.88. The van der Waals surface area contributed by atoms with Crippen LogP contribution in [0, 0.1) is 10.1 Å². The molecule has 3 rings (SSSR count). The van der Waals surface area contributed by atoms with Gasteiger partial charge in [0, 0.05) is 11.6 Å². The first-order chi connectivity index (χ1) is 11.9.